The molecule has 0 saturated carbocycles. The quantitative estimate of drug-likeness (QED) is 0.571. The number of nitrogens with one attached hydrogen (secondary N) is 1. The first kappa shape index (κ1) is 17.7. The summed E-state index contributed by atoms with van der Waals surface area (Å²) < 4.78 is 5.21. The van der Waals surface area contributed by atoms with E-state index in [1.165, 1.54) is 18.2 Å². The number of hydrogen-bond donors (Lipinski definition) is 2. The fraction of sp³-hybridized carbons (Fsp3) is 0.467. The summed E-state index contributed by atoms with van der Waals surface area (Å²) in [5.41, 5.74) is -0.218. The first-order valence-corrected chi connectivity index (χ1v) is 7.60. The van der Waals surface area contributed by atoms with Gasteiger partial charge >= 0.3 is 5.97 Å². The predicted molar refractivity (Wildman–Crippen MR) is 85.1 cm³/mol. The molecular formula is C15H19N3O6. The molecule has 0 aromatic heterocycles. The maximum absolute atomic E-state index is 12.1. The normalized spacial score (nSPS) is 17.5. The van der Waals surface area contributed by atoms with Crippen LogP contribution in [0.4, 0.5) is 11.4 Å². The van der Waals surface area contributed by atoms with Crippen LogP contribution in [0.5, 0.6) is 5.75 Å². The summed E-state index contributed by atoms with van der Waals surface area (Å²) in [5, 5.41) is 22.7. The molecule has 0 spiro atoms. The minimum absolute atomic E-state index is 0.0551. The second-order valence-corrected chi connectivity index (χ2v) is 5.38. The average Bonchev–Trinajstić information content (AvgIpc) is 2.97. The van der Waals surface area contributed by atoms with E-state index in [0.717, 1.165) is 0 Å². The Morgan fingerprint density at radius 3 is 2.88 bits per heavy atom. The van der Waals surface area contributed by atoms with Crippen molar-refractivity contribution in [3.05, 3.63) is 28.3 Å². The summed E-state index contributed by atoms with van der Waals surface area (Å²) in [4.78, 5) is 35.3. The number of carbonyl (C=O) groups is 2. The Balaban J connectivity index is 2.08. The Labute approximate surface area is 138 Å². The lowest BCUT2D eigenvalue weighted by Gasteiger charge is -2.20. The SMILES string of the molecule is CCOc1ccc(NC(=O)CN2CCC[C@H]2C(=O)O)c([N+](=O)[O-])c1. The number of aliphatic carboxylic acids is 1. The molecule has 1 fully saturated rings. The maximum Gasteiger partial charge on any atom is 0.320 e. The van der Waals surface area contributed by atoms with Gasteiger partial charge < -0.3 is 15.2 Å². The number of anilines is 1. The summed E-state index contributed by atoms with van der Waals surface area (Å²) >= 11 is 0. The van der Waals surface area contributed by atoms with E-state index in [0.29, 0.717) is 31.7 Å². The number of nitro groups is 1. The van der Waals surface area contributed by atoms with Crippen LogP contribution in [0, 0.1) is 10.1 Å². The largest absolute Gasteiger partial charge is 0.494 e. The number of likely N-dealkylation sites (tertiary alicyclic amines) is 1. The van der Waals surface area contributed by atoms with Gasteiger partial charge in [0.15, 0.2) is 0 Å². The second-order valence-electron chi connectivity index (χ2n) is 5.38. The van der Waals surface area contributed by atoms with Crippen molar-refractivity contribution in [1.82, 2.24) is 4.90 Å². The van der Waals surface area contributed by atoms with E-state index in [1.54, 1.807) is 11.8 Å². The third-order valence-electron chi connectivity index (χ3n) is 3.75. The zero-order valence-electron chi connectivity index (χ0n) is 13.2. The number of nitro benzene ring substituents is 1. The summed E-state index contributed by atoms with van der Waals surface area (Å²) in [5.74, 6) is -1.12. The van der Waals surface area contributed by atoms with E-state index >= 15 is 0 Å². The van der Waals surface area contributed by atoms with E-state index in [1.807, 2.05) is 0 Å². The smallest absolute Gasteiger partial charge is 0.320 e. The average molecular weight is 337 g/mol. The van der Waals surface area contributed by atoms with Crippen molar-refractivity contribution in [3.63, 3.8) is 0 Å². The van der Waals surface area contributed by atoms with Gasteiger partial charge in [-0.2, -0.15) is 0 Å². The van der Waals surface area contributed by atoms with Gasteiger partial charge in [0.05, 0.1) is 24.1 Å². The van der Waals surface area contributed by atoms with E-state index in [-0.39, 0.29) is 17.9 Å². The Hall–Kier alpha value is -2.68. The zero-order valence-corrected chi connectivity index (χ0v) is 13.2. The van der Waals surface area contributed by atoms with E-state index in [2.05, 4.69) is 5.32 Å². The van der Waals surface area contributed by atoms with Crippen molar-refractivity contribution < 1.29 is 24.4 Å². The van der Waals surface area contributed by atoms with E-state index in [9.17, 15) is 19.7 Å². The molecule has 2 rings (SSSR count). The highest BCUT2D eigenvalue weighted by Gasteiger charge is 2.32. The number of carboxylic acid groups (broad SMARTS) is 1. The highest BCUT2D eigenvalue weighted by molar-refractivity contribution is 5.95. The number of nitrogens with zero attached hydrogens (tertiary/aromatic N) is 2. The molecule has 0 aliphatic carbocycles. The molecule has 24 heavy (non-hydrogen) atoms. The third-order valence-corrected chi connectivity index (χ3v) is 3.75. The molecule has 0 unspecified atom stereocenters. The molecule has 2 N–H and O–H groups in total. The van der Waals surface area contributed by atoms with Gasteiger partial charge in [-0.25, -0.2) is 0 Å². The first-order chi connectivity index (χ1) is 11.4. The Kier molecular flexibility index (Phi) is 5.69. The molecular weight excluding hydrogens is 318 g/mol. The lowest BCUT2D eigenvalue weighted by Crippen LogP contribution is -2.40. The second kappa shape index (κ2) is 7.73. The van der Waals surface area contributed by atoms with Crippen molar-refractivity contribution in [2.75, 3.05) is 25.0 Å². The van der Waals surface area contributed by atoms with Crippen molar-refractivity contribution in [2.24, 2.45) is 0 Å². The number of rotatable bonds is 7. The summed E-state index contributed by atoms with van der Waals surface area (Å²) in [7, 11) is 0. The lowest BCUT2D eigenvalue weighted by molar-refractivity contribution is -0.384. The molecule has 1 aromatic carbocycles. The maximum atomic E-state index is 12.1. The number of carbonyl (C=O) groups excluding carboxylic acids is 1. The standard InChI is InChI=1S/C15H19N3O6/c1-2-24-10-5-6-11(13(8-10)18(22)23)16-14(19)9-17-7-3-4-12(17)15(20)21/h5-6,8,12H,2-4,7,9H2,1H3,(H,16,19)(H,20,21)/t12-/m0/s1. The summed E-state index contributed by atoms with van der Waals surface area (Å²) in [6, 6.07) is 3.49. The fourth-order valence-corrected chi connectivity index (χ4v) is 2.69. The van der Waals surface area contributed by atoms with Crippen molar-refractivity contribution >= 4 is 23.3 Å². The minimum Gasteiger partial charge on any atom is -0.494 e. The Bertz CT molecular complexity index is 648. The number of carboxylic acids is 1. The van der Waals surface area contributed by atoms with E-state index in [4.69, 9.17) is 9.84 Å². The molecule has 1 saturated heterocycles. The van der Waals surface area contributed by atoms with Crippen molar-refractivity contribution in [1.29, 1.82) is 0 Å². The number of benzene rings is 1. The third kappa shape index (κ3) is 4.19. The summed E-state index contributed by atoms with van der Waals surface area (Å²) in [6.07, 6.45) is 1.19. The lowest BCUT2D eigenvalue weighted by atomic mass is 10.2. The van der Waals surface area contributed by atoms with Gasteiger partial charge in [0.2, 0.25) is 5.91 Å². The topological polar surface area (TPSA) is 122 Å². The van der Waals surface area contributed by atoms with Crippen molar-refractivity contribution in [2.45, 2.75) is 25.8 Å². The molecule has 9 heteroatoms. The highest BCUT2D eigenvalue weighted by Crippen LogP contribution is 2.29. The van der Waals surface area contributed by atoms with Gasteiger partial charge in [0.1, 0.15) is 17.5 Å². The first-order valence-electron chi connectivity index (χ1n) is 7.60. The molecule has 1 amide bonds. The van der Waals surface area contributed by atoms with Crippen molar-refractivity contribution in [3.8, 4) is 5.75 Å². The van der Waals surface area contributed by atoms with Crippen LogP contribution in [0.25, 0.3) is 0 Å². The van der Waals surface area contributed by atoms with Crippen LogP contribution in [0.2, 0.25) is 0 Å². The van der Waals surface area contributed by atoms with Crippen LogP contribution in [-0.4, -0.2) is 52.5 Å². The number of amides is 1. The molecule has 0 radical (unpaired) electrons. The van der Waals surface area contributed by atoms with Crippen LogP contribution >= 0.6 is 0 Å². The molecule has 130 valence electrons. The zero-order chi connectivity index (χ0) is 17.7. The van der Waals surface area contributed by atoms with E-state index < -0.39 is 22.8 Å². The number of ether oxygens (including phenoxy) is 1. The molecule has 1 aliphatic rings. The molecule has 1 heterocycles. The molecule has 1 aromatic rings. The van der Waals surface area contributed by atoms with Gasteiger partial charge in [-0.3, -0.25) is 24.6 Å². The molecule has 0 bridgehead atoms. The fourth-order valence-electron chi connectivity index (χ4n) is 2.69. The predicted octanol–water partition coefficient (Wildman–Crippen LogP) is 1.48. The van der Waals surface area contributed by atoms with Gasteiger partial charge in [-0.1, -0.05) is 0 Å². The highest BCUT2D eigenvalue weighted by atomic mass is 16.6. The van der Waals surface area contributed by atoms with Gasteiger partial charge in [-0.15, -0.1) is 0 Å². The summed E-state index contributed by atoms with van der Waals surface area (Å²) in [6.45, 7) is 2.52. The van der Waals surface area contributed by atoms with Crippen LogP contribution in [0.3, 0.4) is 0 Å². The molecule has 9 nitrogen and oxygen atoms in total. The molecule has 1 aliphatic heterocycles. The minimum atomic E-state index is -0.965. The van der Waals surface area contributed by atoms with Gasteiger partial charge in [0, 0.05) is 0 Å². The van der Waals surface area contributed by atoms with Gasteiger partial charge in [-0.05, 0) is 38.4 Å². The Morgan fingerprint density at radius 1 is 1.50 bits per heavy atom. The molecule has 1 atom stereocenters. The monoisotopic (exact) mass is 337 g/mol. The van der Waals surface area contributed by atoms with Gasteiger partial charge in [0.25, 0.3) is 5.69 Å². The Morgan fingerprint density at radius 2 is 2.25 bits per heavy atom. The van der Waals surface area contributed by atoms with Crippen LogP contribution in [-0.2, 0) is 9.59 Å². The number of hydrogen-bond acceptors (Lipinski definition) is 6. The van der Waals surface area contributed by atoms with Crippen LogP contribution in [0.1, 0.15) is 19.8 Å². The van der Waals surface area contributed by atoms with Crippen LogP contribution < -0.4 is 10.1 Å². The van der Waals surface area contributed by atoms with Crippen LogP contribution in [0.15, 0.2) is 18.2 Å².